The van der Waals surface area contributed by atoms with E-state index < -0.39 is 0 Å². The molecule has 0 amide bonds. The number of hydrogen-bond acceptors (Lipinski definition) is 3. The zero-order chi connectivity index (χ0) is 7.94. The van der Waals surface area contributed by atoms with Crippen LogP contribution in [0.2, 0.25) is 0 Å². The lowest BCUT2D eigenvalue weighted by atomic mass is 10.4. The lowest BCUT2D eigenvalue weighted by Gasteiger charge is -1.89. The second kappa shape index (κ2) is 4.57. The third kappa shape index (κ3) is 2.91. The van der Waals surface area contributed by atoms with Crippen molar-refractivity contribution in [1.82, 2.24) is 15.3 Å². The van der Waals surface area contributed by atoms with Crippen molar-refractivity contribution in [3.05, 3.63) is 30.4 Å². The van der Waals surface area contributed by atoms with Crippen LogP contribution in [0, 0.1) is 0 Å². The molecule has 1 aromatic heterocycles. The van der Waals surface area contributed by atoms with Gasteiger partial charge in [0.05, 0.1) is 0 Å². The van der Waals surface area contributed by atoms with E-state index >= 15 is 0 Å². The smallest absolute Gasteiger partial charge is 0.151 e. The summed E-state index contributed by atoms with van der Waals surface area (Å²) in [5.74, 6) is 0.753. The lowest BCUT2D eigenvalue weighted by molar-refractivity contribution is 0.921. The van der Waals surface area contributed by atoms with E-state index in [1.807, 2.05) is 19.2 Å². The topological polar surface area (TPSA) is 37.8 Å². The van der Waals surface area contributed by atoms with Crippen LogP contribution in [0.25, 0.3) is 6.08 Å². The molecule has 11 heavy (non-hydrogen) atoms. The first-order valence-electron chi connectivity index (χ1n) is 3.51. The van der Waals surface area contributed by atoms with Crippen molar-refractivity contribution in [2.45, 2.75) is 0 Å². The largest absolute Gasteiger partial charge is 0.316 e. The highest BCUT2D eigenvalue weighted by molar-refractivity contribution is 5.38. The van der Waals surface area contributed by atoms with Crippen molar-refractivity contribution in [1.29, 1.82) is 0 Å². The molecule has 0 saturated carbocycles. The predicted molar refractivity (Wildman–Crippen MR) is 45.0 cm³/mol. The van der Waals surface area contributed by atoms with Crippen LogP contribution in [-0.4, -0.2) is 23.6 Å². The van der Waals surface area contributed by atoms with Crippen LogP contribution >= 0.6 is 0 Å². The van der Waals surface area contributed by atoms with Crippen LogP contribution in [0.1, 0.15) is 5.82 Å². The summed E-state index contributed by atoms with van der Waals surface area (Å²) in [5, 5.41) is 3.00. The standard InChI is InChI=1S/C8H11N3/c1-9-5-2-4-8-10-6-3-7-11-8/h2-4,6-7,9H,5H2,1H3. The summed E-state index contributed by atoms with van der Waals surface area (Å²) < 4.78 is 0. The predicted octanol–water partition coefficient (Wildman–Crippen LogP) is 0.709. The fourth-order valence-electron chi connectivity index (χ4n) is 0.679. The summed E-state index contributed by atoms with van der Waals surface area (Å²) in [6.07, 6.45) is 7.32. The molecule has 0 fully saturated rings. The van der Waals surface area contributed by atoms with Crippen molar-refractivity contribution in [3.63, 3.8) is 0 Å². The van der Waals surface area contributed by atoms with Gasteiger partial charge in [-0.05, 0) is 19.2 Å². The molecule has 0 aliphatic carbocycles. The van der Waals surface area contributed by atoms with Gasteiger partial charge in [-0.2, -0.15) is 0 Å². The van der Waals surface area contributed by atoms with Gasteiger partial charge in [0, 0.05) is 18.9 Å². The Hall–Kier alpha value is -1.22. The van der Waals surface area contributed by atoms with Crippen LogP contribution in [0.5, 0.6) is 0 Å². The van der Waals surface area contributed by atoms with E-state index in [2.05, 4.69) is 15.3 Å². The summed E-state index contributed by atoms with van der Waals surface area (Å²) in [6.45, 7) is 0.845. The number of rotatable bonds is 3. The molecular weight excluding hydrogens is 138 g/mol. The van der Waals surface area contributed by atoms with E-state index in [1.165, 1.54) is 0 Å². The fraction of sp³-hybridized carbons (Fsp3) is 0.250. The molecule has 0 saturated heterocycles. The van der Waals surface area contributed by atoms with Gasteiger partial charge in [-0.25, -0.2) is 9.97 Å². The number of nitrogens with zero attached hydrogens (tertiary/aromatic N) is 2. The van der Waals surface area contributed by atoms with Gasteiger partial charge >= 0.3 is 0 Å². The first kappa shape index (κ1) is 7.88. The van der Waals surface area contributed by atoms with Crippen molar-refractivity contribution in [3.8, 4) is 0 Å². The minimum Gasteiger partial charge on any atom is -0.316 e. The summed E-state index contributed by atoms with van der Waals surface area (Å²) in [4.78, 5) is 8.05. The summed E-state index contributed by atoms with van der Waals surface area (Å²) >= 11 is 0. The Morgan fingerprint density at radius 2 is 2.18 bits per heavy atom. The maximum Gasteiger partial charge on any atom is 0.151 e. The van der Waals surface area contributed by atoms with Crippen molar-refractivity contribution in [2.75, 3.05) is 13.6 Å². The van der Waals surface area contributed by atoms with E-state index in [9.17, 15) is 0 Å². The molecule has 0 aliphatic heterocycles. The van der Waals surface area contributed by atoms with E-state index in [-0.39, 0.29) is 0 Å². The van der Waals surface area contributed by atoms with Crippen molar-refractivity contribution in [2.24, 2.45) is 0 Å². The second-order valence-corrected chi connectivity index (χ2v) is 2.07. The Labute approximate surface area is 66.2 Å². The monoisotopic (exact) mass is 149 g/mol. The van der Waals surface area contributed by atoms with Gasteiger partial charge in [-0.15, -0.1) is 0 Å². The molecular formula is C8H11N3. The van der Waals surface area contributed by atoms with E-state index in [0.29, 0.717) is 0 Å². The highest BCUT2D eigenvalue weighted by Gasteiger charge is 1.83. The average molecular weight is 149 g/mol. The average Bonchev–Trinajstić information content (AvgIpc) is 2.07. The number of nitrogens with one attached hydrogen (secondary N) is 1. The van der Waals surface area contributed by atoms with Gasteiger partial charge in [0.25, 0.3) is 0 Å². The van der Waals surface area contributed by atoms with Gasteiger partial charge in [0.15, 0.2) is 5.82 Å². The minimum absolute atomic E-state index is 0.753. The Balaban J connectivity index is 2.50. The number of likely N-dealkylation sites (N-methyl/N-ethyl adjacent to an activating group) is 1. The SMILES string of the molecule is CNCC=Cc1ncccn1. The Morgan fingerprint density at radius 1 is 1.45 bits per heavy atom. The van der Waals surface area contributed by atoms with Gasteiger partial charge in [0.2, 0.25) is 0 Å². The van der Waals surface area contributed by atoms with Crippen molar-refractivity contribution < 1.29 is 0 Å². The lowest BCUT2D eigenvalue weighted by Crippen LogP contribution is -2.03. The molecule has 0 aliphatic rings. The van der Waals surface area contributed by atoms with Gasteiger partial charge in [0.1, 0.15) is 0 Å². The molecule has 1 aromatic rings. The first-order valence-corrected chi connectivity index (χ1v) is 3.51. The zero-order valence-electron chi connectivity index (χ0n) is 6.49. The van der Waals surface area contributed by atoms with E-state index in [1.54, 1.807) is 18.5 Å². The van der Waals surface area contributed by atoms with Gasteiger partial charge in [-0.1, -0.05) is 6.08 Å². The second-order valence-electron chi connectivity index (χ2n) is 2.07. The van der Waals surface area contributed by atoms with Crippen LogP contribution < -0.4 is 5.32 Å². The summed E-state index contributed by atoms with van der Waals surface area (Å²) in [7, 11) is 1.90. The molecule has 0 spiro atoms. The molecule has 3 nitrogen and oxygen atoms in total. The molecule has 0 radical (unpaired) electrons. The maximum atomic E-state index is 4.02. The third-order valence-electron chi connectivity index (χ3n) is 1.17. The molecule has 0 unspecified atom stereocenters. The van der Waals surface area contributed by atoms with Crippen molar-refractivity contribution >= 4 is 6.08 Å². The summed E-state index contributed by atoms with van der Waals surface area (Å²) in [6, 6.07) is 1.80. The van der Waals surface area contributed by atoms with Crippen LogP contribution in [0.4, 0.5) is 0 Å². The zero-order valence-corrected chi connectivity index (χ0v) is 6.49. The number of aromatic nitrogens is 2. The third-order valence-corrected chi connectivity index (χ3v) is 1.17. The Morgan fingerprint density at radius 3 is 2.82 bits per heavy atom. The Bertz CT molecular complexity index is 218. The molecule has 0 bridgehead atoms. The maximum absolute atomic E-state index is 4.02. The van der Waals surface area contributed by atoms with Crippen LogP contribution in [-0.2, 0) is 0 Å². The molecule has 1 heterocycles. The molecule has 0 atom stereocenters. The summed E-state index contributed by atoms with van der Waals surface area (Å²) in [5.41, 5.74) is 0. The highest BCUT2D eigenvalue weighted by Crippen LogP contribution is 1.89. The van der Waals surface area contributed by atoms with Crippen LogP contribution in [0.15, 0.2) is 24.5 Å². The molecule has 1 N–H and O–H groups in total. The first-order chi connectivity index (χ1) is 5.43. The highest BCUT2D eigenvalue weighted by atomic mass is 14.8. The molecule has 3 heteroatoms. The molecule has 0 aromatic carbocycles. The van der Waals surface area contributed by atoms with Gasteiger partial charge < -0.3 is 5.32 Å². The van der Waals surface area contributed by atoms with E-state index in [4.69, 9.17) is 0 Å². The Kier molecular flexibility index (Phi) is 3.28. The quantitative estimate of drug-likeness (QED) is 0.687. The van der Waals surface area contributed by atoms with Gasteiger partial charge in [-0.3, -0.25) is 0 Å². The van der Waals surface area contributed by atoms with E-state index in [0.717, 1.165) is 12.4 Å². The number of hydrogen-bond donors (Lipinski definition) is 1. The van der Waals surface area contributed by atoms with Crippen LogP contribution in [0.3, 0.4) is 0 Å². The normalized spacial score (nSPS) is 10.6. The fourth-order valence-corrected chi connectivity index (χ4v) is 0.679. The molecule has 58 valence electrons. The minimum atomic E-state index is 0.753. The molecule has 1 rings (SSSR count).